The summed E-state index contributed by atoms with van der Waals surface area (Å²) in [4.78, 5) is 8.24. The monoisotopic (exact) mass is 283 g/mol. The molecule has 0 bridgehead atoms. The summed E-state index contributed by atoms with van der Waals surface area (Å²) in [5.41, 5.74) is 0.141. The summed E-state index contributed by atoms with van der Waals surface area (Å²) in [6.07, 6.45) is 3.06. The van der Waals surface area contributed by atoms with Crippen LogP contribution in [-0.4, -0.2) is 50.6 Å². The summed E-state index contributed by atoms with van der Waals surface area (Å²) in [5, 5.41) is 20.5. The number of hydrogen-bond acceptors (Lipinski definition) is 6. The Morgan fingerprint density at radius 3 is 2.95 bits per heavy atom. The lowest BCUT2D eigenvalue weighted by Crippen LogP contribution is -2.47. The zero-order valence-corrected chi connectivity index (χ0v) is 10.9. The first kappa shape index (κ1) is 12.6. The molecule has 0 atom stereocenters. The Morgan fingerprint density at radius 1 is 1.42 bits per heavy atom. The van der Waals surface area contributed by atoms with Crippen LogP contribution in [0.5, 0.6) is 0 Å². The largest absolute Gasteiger partial charge is 0.394 e. The van der Waals surface area contributed by atoms with Gasteiger partial charge >= 0.3 is 0 Å². The number of fused-ring (bicyclic) bond motifs is 1. The predicted octanol–water partition coefficient (Wildman–Crippen LogP) is 0.960. The van der Waals surface area contributed by atoms with E-state index in [-0.39, 0.29) is 11.9 Å². The topological polar surface area (TPSA) is 96.0 Å². The number of aliphatic hydroxyl groups excluding tert-OH is 1. The normalized spacial score (nSPS) is 18.6. The minimum Gasteiger partial charge on any atom is -0.394 e. The van der Waals surface area contributed by atoms with E-state index in [9.17, 15) is 5.11 Å². The molecule has 3 rings (SSSR count). The van der Waals surface area contributed by atoms with Crippen LogP contribution >= 0.6 is 11.6 Å². The van der Waals surface area contributed by atoms with Gasteiger partial charge in [0, 0.05) is 13.2 Å². The van der Waals surface area contributed by atoms with Crippen LogP contribution in [0.2, 0.25) is 5.28 Å². The number of ether oxygens (including phenoxy) is 1. The van der Waals surface area contributed by atoms with E-state index in [0.29, 0.717) is 37.5 Å². The molecule has 1 aliphatic rings. The Kier molecular flexibility index (Phi) is 3.26. The number of nitrogens with one attached hydrogen (secondary N) is 2. The summed E-state index contributed by atoms with van der Waals surface area (Å²) in [5.74, 6) is 0.583. The fraction of sp³-hybridized carbons (Fsp3) is 0.545. The zero-order chi connectivity index (χ0) is 13.3. The maximum absolute atomic E-state index is 9.68. The number of aromatic nitrogens is 4. The maximum Gasteiger partial charge on any atom is 0.226 e. The van der Waals surface area contributed by atoms with Crippen molar-refractivity contribution < 1.29 is 9.84 Å². The standard InChI is InChI=1S/C11H14ClN5O2/c12-10-14-8(7-5-13-17-9(7)15-10)16-11(6-18)1-3-19-4-2-11/h5,18H,1-4,6H2,(H2,13,14,15,16,17). The third kappa shape index (κ3) is 2.36. The molecule has 0 radical (unpaired) electrons. The van der Waals surface area contributed by atoms with E-state index in [1.807, 2.05) is 0 Å². The Bertz CT molecular complexity index is 581. The number of H-pyrrole nitrogens is 1. The molecule has 8 heteroatoms. The fourth-order valence-corrected chi connectivity index (χ4v) is 2.41. The van der Waals surface area contributed by atoms with E-state index in [1.165, 1.54) is 0 Å². The smallest absolute Gasteiger partial charge is 0.226 e. The van der Waals surface area contributed by atoms with Gasteiger partial charge < -0.3 is 15.2 Å². The van der Waals surface area contributed by atoms with Gasteiger partial charge in [-0.25, -0.2) is 0 Å². The van der Waals surface area contributed by atoms with Crippen LogP contribution in [0.1, 0.15) is 12.8 Å². The van der Waals surface area contributed by atoms with Gasteiger partial charge in [0.15, 0.2) is 5.65 Å². The maximum atomic E-state index is 9.68. The molecule has 3 N–H and O–H groups in total. The van der Waals surface area contributed by atoms with Crippen molar-refractivity contribution in [3.05, 3.63) is 11.5 Å². The van der Waals surface area contributed by atoms with Gasteiger partial charge in [0.25, 0.3) is 0 Å². The quantitative estimate of drug-likeness (QED) is 0.726. The third-order valence-electron chi connectivity index (χ3n) is 3.42. The van der Waals surface area contributed by atoms with E-state index in [2.05, 4.69) is 25.5 Å². The molecule has 2 aromatic heterocycles. The Hall–Kier alpha value is -1.44. The highest BCUT2D eigenvalue weighted by atomic mass is 35.5. The van der Waals surface area contributed by atoms with Crippen molar-refractivity contribution in [2.45, 2.75) is 18.4 Å². The fourth-order valence-electron chi connectivity index (χ4n) is 2.24. The lowest BCUT2D eigenvalue weighted by Gasteiger charge is -2.36. The molecule has 0 aliphatic carbocycles. The molecule has 1 aliphatic heterocycles. The summed E-state index contributed by atoms with van der Waals surface area (Å²) in [6, 6.07) is 0. The number of anilines is 1. The number of nitrogens with zero attached hydrogens (tertiary/aromatic N) is 3. The summed E-state index contributed by atoms with van der Waals surface area (Å²) in [6.45, 7) is 1.24. The van der Waals surface area contributed by atoms with Gasteiger partial charge in [-0.05, 0) is 24.4 Å². The molecule has 3 heterocycles. The molecule has 0 unspecified atom stereocenters. The van der Waals surface area contributed by atoms with Crippen molar-refractivity contribution in [2.24, 2.45) is 0 Å². The SMILES string of the molecule is OCC1(Nc2nc(Cl)nc3[nH]ncc23)CCOCC1. The first-order valence-electron chi connectivity index (χ1n) is 6.06. The van der Waals surface area contributed by atoms with Gasteiger partial charge in [-0.2, -0.15) is 15.1 Å². The Morgan fingerprint density at radius 2 is 2.21 bits per heavy atom. The predicted molar refractivity (Wildman–Crippen MR) is 70.2 cm³/mol. The molecule has 0 amide bonds. The Labute approximate surface area is 114 Å². The minimum atomic E-state index is -0.430. The molecular weight excluding hydrogens is 270 g/mol. The van der Waals surface area contributed by atoms with E-state index in [1.54, 1.807) is 6.20 Å². The highest BCUT2D eigenvalue weighted by Gasteiger charge is 2.33. The van der Waals surface area contributed by atoms with E-state index < -0.39 is 5.54 Å². The molecule has 19 heavy (non-hydrogen) atoms. The lowest BCUT2D eigenvalue weighted by atomic mass is 9.91. The summed E-state index contributed by atoms with van der Waals surface area (Å²) in [7, 11) is 0. The first-order chi connectivity index (χ1) is 9.22. The molecular formula is C11H14ClN5O2. The molecule has 7 nitrogen and oxygen atoms in total. The number of hydrogen-bond donors (Lipinski definition) is 3. The lowest BCUT2D eigenvalue weighted by molar-refractivity contribution is 0.0379. The highest BCUT2D eigenvalue weighted by molar-refractivity contribution is 6.28. The van der Waals surface area contributed by atoms with Crippen molar-refractivity contribution >= 4 is 28.5 Å². The van der Waals surface area contributed by atoms with E-state index >= 15 is 0 Å². The van der Waals surface area contributed by atoms with Crippen molar-refractivity contribution in [1.29, 1.82) is 0 Å². The average molecular weight is 284 g/mol. The van der Waals surface area contributed by atoms with Gasteiger partial charge in [0.2, 0.25) is 5.28 Å². The molecule has 0 aromatic carbocycles. The second-order valence-corrected chi connectivity index (χ2v) is 4.99. The van der Waals surface area contributed by atoms with Crippen LogP contribution in [0.25, 0.3) is 11.0 Å². The van der Waals surface area contributed by atoms with Crippen LogP contribution in [0, 0.1) is 0 Å². The van der Waals surface area contributed by atoms with Gasteiger partial charge in [0.1, 0.15) is 5.82 Å². The molecule has 0 spiro atoms. The van der Waals surface area contributed by atoms with Crippen LogP contribution in [0.3, 0.4) is 0 Å². The van der Waals surface area contributed by atoms with Crippen molar-refractivity contribution in [1.82, 2.24) is 20.2 Å². The number of rotatable bonds is 3. The Balaban J connectivity index is 1.97. The van der Waals surface area contributed by atoms with Gasteiger partial charge in [0.05, 0.1) is 23.7 Å². The first-order valence-corrected chi connectivity index (χ1v) is 6.44. The number of halogens is 1. The molecule has 1 saturated heterocycles. The van der Waals surface area contributed by atoms with Crippen molar-refractivity contribution in [3.63, 3.8) is 0 Å². The molecule has 102 valence electrons. The molecule has 2 aromatic rings. The van der Waals surface area contributed by atoms with Gasteiger partial charge in [-0.1, -0.05) is 0 Å². The van der Waals surface area contributed by atoms with Crippen LogP contribution in [0.4, 0.5) is 5.82 Å². The molecule has 1 fully saturated rings. The van der Waals surface area contributed by atoms with E-state index in [4.69, 9.17) is 16.3 Å². The highest BCUT2D eigenvalue weighted by Crippen LogP contribution is 2.28. The van der Waals surface area contributed by atoms with Crippen molar-refractivity contribution in [2.75, 3.05) is 25.1 Å². The second-order valence-electron chi connectivity index (χ2n) is 4.65. The number of aliphatic hydroxyl groups is 1. The van der Waals surface area contributed by atoms with E-state index in [0.717, 1.165) is 5.39 Å². The van der Waals surface area contributed by atoms with Gasteiger partial charge in [-0.15, -0.1) is 0 Å². The number of aromatic amines is 1. The zero-order valence-electron chi connectivity index (χ0n) is 10.2. The summed E-state index contributed by atoms with van der Waals surface area (Å²) < 4.78 is 5.33. The minimum absolute atomic E-state index is 0.0112. The van der Waals surface area contributed by atoms with Crippen LogP contribution in [0.15, 0.2) is 6.20 Å². The van der Waals surface area contributed by atoms with Crippen LogP contribution < -0.4 is 5.32 Å². The van der Waals surface area contributed by atoms with Gasteiger partial charge in [-0.3, -0.25) is 5.10 Å². The summed E-state index contributed by atoms with van der Waals surface area (Å²) >= 11 is 5.89. The van der Waals surface area contributed by atoms with Crippen LogP contribution in [-0.2, 0) is 4.74 Å². The molecule has 0 saturated carbocycles. The van der Waals surface area contributed by atoms with Crippen molar-refractivity contribution in [3.8, 4) is 0 Å². The second kappa shape index (κ2) is 4.92. The average Bonchev–Trinajstić information content (AvgIpc) is 2.88. The third-order valence-corrected chi connectivity index (χ3v) is 3.59.